The maximum atomic E-state index is 11.8. The summed E-state index contributed by atoms with van der Waals surface area (Å²) < 4.78 is 0. The quantitative estimate of drug-likeness (QED) is 0.342. The van der Waals surface area contributed by atoms with E-state index in [1.165, 1.54) is 31.0 Å². The van der Waals surface area contributed by atoms with E-state index in [1.807, 2.05) is 0 Å². The van der Waals surface area contributed by atoms with Crippen molar-refractivity contribution in [3.63, 3.8) is 0 Å². The van der Waals surface area contributed by atoms with Gasteiger partial charge < -0.3 is 0 Å². The van der Waals surface area contributed by atoms with Gasteiger partial charge >= 0.3 is 0 Å². The van der Waals surface area contributed by atoms with Gasteiger partial charge in [-0.2, -0.15) is 5.10 Å². The van der Waals surface area contributed by atoms with Crippen molar-refractivity contribution in [2.24, 2.45) is 5.10 Å². The number of para-hydroxylation sites is 1. The van der Waals surface area contributed by atoms with Gasteiger partial charge in [0.25, 0.3) is 11.6 Å². The molecule has 0 unspecified atom stereocenters. The number of nitro benzene ring substituents is 1. The zero-order chi connectivity index (χ0) is 14.8. The largest absolute Gasteiger partial charge is 0.282 e. The third kappa shape index (κ3) is 5.17. The van der Waals surface area contributed by atoms with Gasteiger partial charge in [0.1, 0.15) is 5.56 Å². The normalized spacial score (nSPS) is 10.7. The summed E-state index contributed by atoms with van der Waals surface area (Å²) in [5, 5.41) is 14.6. The smallest absolute Gasteiger partial charge is 0.267 e. The standard InChI is InChI=1S/C14H19N3O3/c1-2-3-4-5-8-11-15-16-14(18)12-9-6-7-10-13(12)17(19)20/h6-7,9-11H,2-5,8H2,1H3,(H,16,18)/b15-11+. The minimum absolute atomic E-state index is 0.0145. The average Bonchev–Trinajstić information content (AvgIpc) is 2.46. The minimum Gasteiger partial charge on any atom is -0.267 e. The van der Waals surface area contributed by atoms with Crippen LogP contribution in [-0.4, -0.2) is 17.0 Å². The van der Waals surface area contributed by atoms with Crippen molar-refractivity contribution < 1.29 is 9.72 Å². The Labute approximate surface area is 118 Å². The van der Waals surface area contributed by atoms with E-state index in [-0.39, 0.29) is 11.3 Å². The number of nitro groups is 1. The molecule has 1 aromatic carbocycles. The molecule has 1 amide bonds. The van der Waals surface area contributed by atoms with Gasteiger partial charge in [0, 0.05) is 12.3 Å². The molecule has 0 fully saturated rings. The Hall–Kier alpha value is -2.24. The lowest BCUT2D eigenvalue weighted by atomic mass is 10.2. The van der Waals surface area contributed by atoms with Crippen molar-refractivity contribution in [3.8, 4) is 0 Å². The summed E-state index contributed by atoms with van der Waals surface area (Å²) in [4.78, 5) is 22.0. The van der Waals surface area contributed by atoms with Crippen molar-refractivity contribution in [1.29, 1.82) is 0 Å². The topological polar surface area (TPSA) is 84.6 Å². The number of carbonyl (C=O) groups excluding carboxylic acids is 1. The number of amides is 1. The number of hydrogen-bond acceptors (Lipinski definition) is 4. The van der Waals surface area contributed by atoms with Crippen molar-refractivity contribution in [1.82, 2.24) is 5.43 Å². The number of hydrogen-bond donors (Lipinski definition) is 1. The first kappa shape index (κ1) is 15.8. The molecule has 6 heteroatoms. The fourth-order valence-electron chi connectivity index (χ4n) is 1.72. The molecule has 0 radical (unpaired) electrons. The second-order valence-electron chi connectivity index (χ2n) is 4.38. The Kier molecular flexibility index (Phi) is 6.95. The molecule has 0 spiro atoms. The Balaban J connectivity index is 2.47. The maximum Gasteiger partial charge on any atom is 0.282 e. The van der Waals surface area contributed by atoms with Crippen LogP contribution < -0.4 is 5.43 Å². The van der Waals surface area contributed by atoms with E-state index in [9.17, 15) is 14.9 Å². The minimum atomic E-state index is -0.580. The van der Waals surface area contributed by atoms with Crippen LogP contribution in [0.5, 0.6) is 0 Å². The SMILES string of the molecule is CCCCCC/C=N/NC(=O)c1ccccc1[N+](=O)[O-]. The lowest BCUT2D eigenvalue weighted by Crippen LogP contribution is -2.18. The van der Waals surface area contributed by atoms with E-state index in [2.05, 4.69) is 17.5 Å². The van der Waals surface area contributed by atoms with Gasteiger partial charge in [0.05, 0.1) is 4.92 Å². The lowest BCUT2D eigenvalue weighted by Gasteiger charge is -2.00. The van der Waals surface area contributed by atoms with E-state index >= 15 is 0 Å². The predicted octanol–water partition coefficient (Wildman–Crippen LogP) is 3.28. The van der Waals surface area contributed by atoms with Crippen LogP contribution in [0, 0.1) is 10.1 Å². The highest BCUT2D eigenvalue weighted by Crippen LogP contribution is 2.17. The molecule has 0 aliphatic carbocycles. The number of hydrazone groups is 1. The van der Waals surface area contributed by atoms with Crippen molar-refractivity contribution >= 4 is 17.8 Å². The third-order valence-corrected chi connectivity index (χ3v) is 2.79. The zero-order valence-electron chi connectivity index (χ0n) is 11.5. The van der Waals surface area contributed by atoms with Gasteiger partial charge in [-0.05, 0) is 18.9 Å². The van der Waals surface area contributed by atoms with Crippen molar-refractivity contribution in [3.05, 3.63) is 39.9 Å². The summed E-state index contributed by atoms with van der Waals surface area (Å²) >= 11 is 0. The zero-order valence-corrected chi connectivity index (χ0v) is 11.5. The number of benzene rings is 1. The molecule has 1 N–H and O–H groups in total. The third-order valence-electron chi connectivity index (χ3n) is 2.79. The molecule has 6 nitrogen and oxygen atoms in total. The Bertz CT molecular complexity index is 486. The highest BCUT2D eigenvalue weighted by molar-refractivity contribution is 5.98. The van der Waals surface area contributed by atoms with Gasteiger partial charge in [-0.1, -0.05) is 38.3 Å². The summed E-state index contributed by atoms with van der Waals surface area (Å²) in [6.45, 7) is 2.14. The van der Waals surface area contributed by atoms with E-state index in [1.54, 1.807) is 12.3 Å². The Morgan fingerprint density at radius 2 is 2.10 bits per heavy atom. The highest BCUT2D eigenvalue weighted by Gasteiger charge is 2.18. The van der Waals surface area contributed by atoms with Crippen LogP contribution in [0.1, 0.15) is 49.4 Å². The summed E-state index contributed by atoms with van der Waals surface area (Å²) in [5.74, 6) is -0.567. The molecule has 0 bridgehead atoms. The van der Waals surface area contributed by atoms with Gasteiger partial charge in [0.15, 0.2) is 0 Å². The molecule has 0 saturated carbocycles. The van der Waals surface area contributed by atoms with Crippen LogP contribution in [-0.2, 0) is 0 Å². The van der Waals surface area contributed by atoms with E-state index in [4.69, 9.17) is 0 Å². The second-order valence-corrected chi connectivity index (χ2v) is 4.38. The summed E-state index contributed by atoms with van der Waals surface area (Å²) in [6, 6.07) is 5.80. The van der Waals surface area contributed by atoms with Gasteiger partial charge in [-0.25, -0.2) is 5.43 Å². The first-order valence-electron chi connectivity index (χ1n) is 6.72. The number of carbonyl (C=O) groups is 1. The number of nitrogens with one attached hydrogen (secondary N) is 1. The molecule has 1 rings (SSSR count). The van der Waals surface area contributed by atoms with Crippen molar-refractivity contribution in [2.45, 2.75) is 39.0 Å². The van der Waals surface area contributed by atoms with E-state index in [0.29, 0.717) is 0 Å². The molecule has 0 heterocycles. The van der Waals surface area contributed by atoms with E-state index < -0.39 is 10.8 Å². The second kappa shape index (κ2) is 8.79. The molecule has 0 aromatic heterocycles. The summed E-state index contributed by atoms with van der Waals surface area (Å²) in [6.07, 6.45) is 6.95. The van der Waals surface area contributed by atoms with E-state index in [0.717, 1.165) is 19.3 Å². The lowest BCUT2D eigenvalue weighted by molar-refractivity contribution is -0.385. The predicted molar refractivity (Wildman–Crippen MR) is 77.8 cm³/mol. The van der Waals surface area contributed by atoms with Crippen LogP contribution in [0.2, 0.25) is 0 Å². The van der Waals surface area contributed by atoms with Crippen LogP contribution in [0.15, 0.2) is 29.4 Å². The fraction of sp³-hybridized carbons (Fsp3) is 0.429. The molecule has 0 atom stereocenters. The monoisotopic (exact) mass is 277 g/mol. The maximum absolute atomic E-state index is 11.8. The molecule has 0 aliphatic heterocycles. The van der Waals surface area contributed by atoms with Gasteiger partial charge in [-0.15, -0.1) is 0 Å². The van der Waals surface area contributed by atoms with Crippen LogP contribution in [0.4, 0.5) is 5.69 Å². The highest BCUT2D eigenvalue weighted by atomic mass is 16.6. The molecular formula is C14H19N3O3. The van der Waals surface area contributed by atoms with Gasteiger partial charge in [0.2, 0.25) is 0 Å². The van der Waals surface area contributed by atoms with Crippen LogP contribution >= 0.6 is 0 Å². The summed E-state index contributed by atoms with van der Waals surface area (Å²) in [5.41, 5.74) is 2.11. The van der Waals surface area contributed by atoms with Gasteiger partial charge in [-0.3, -0.25) is 14.9 Å². The van der Waals surface area contributed by atoms with Crippen molar-refractivity contribution in [2.75, 3.05) is 0 Å². The fourth-order valence-corrected chi connectivity index (χ4v) is 1.72. The molecule has 20 heavy (non-hydrogen) atoms. The Morgan fingerprint density at radius 3 is 2.80 bits per heavy atom. The number of unbranched alkanes of at least 4 members (excludes halogenated alkanes) is 4. The van der Waals surface area contributed by atoms with Crippen LogP contribution in [0.3, 0.4) is 0 Å². The number of rotatable bonds is 8. The molecule has 1 aromatic rings. The Morgan fingerprint density at radius 1 is 1.35 bits per heavy atom. The number of nitrogens with zero attached hydrogens (tertiary/aromatic N) is 2. The first-order valence-corrected chi connectivity index (χ1v) is 6.72. The molecule has 0 aliphatic rings. The average molecular weight is 277 g/mol. The molecule has 0 saturated heterocycles. The molecular weight excluding hydrogens is 258 g/mol. The summed E-state index contributed by atoms with van der Waals surface area (Å²) in [7, 11) is 0. The molecule has 108 valence electrons. The first-order chi connectivity index (χ1) is 9.66. The van der Waals surface area contributed by atoms with Crippen LogP contribution in [0.25, 0.3) is 0 Å².